The van der Waals surface area contributed by atoms with Crippen molar-refractivity contribution >= 4 is 23.5 Å². The van der Waals surface area contributed by atoms with Crippen LogP contribution < -0.4 is 5.32 Å². The number of nitrogens with one attached hydrogen (secondary N) is 2. The molecule has 0 aromatic carbocycles. The SMILES string of the molecule is c1c[nH]c(CCNC2CSCCSC2)n1. The molecular formula is C10H17N3S2. The van der Waals surface area contributed by atoms with Gasteiger partial charge in [-0.25, -0.2) is 4.98 Å². The molecule has 1 saturated heterocycles. The molecule has 2 rings (SSSR count). The van der Waals surface area contributed by atoms with Crippen LogP contribution in [0.15, 0.2) is 12.4 Å². The molecule has 3 nitrogen and oxygen atoms in total. The first-order valence-electron chi connectivity index (χ1n) is 5.32. The van der Waals surface area contributed by atoms with E-state index in [9.17, 15) is 0 Å². The Labute approximate surface area is 99.2 Å². The van der Waals surface area contributed by atoms with E-state index in [4.69, 9.17) is 0 Å². The molecule has 1 fully saturated rings. The van der Waals surface area contributed by atoms with Gasteiger partial charge in [0.05, 0.1) is 0 Å². The molecule has 2 N–H and O–H groups in total. The second kappa shape index (κ2) is 6.45. The molecule has 84 valence electrons. The highest BCUT2D eigenvalue weighted by Gasteiger charge is 2.11. The zero-order chi connectivity index (χ0) is 10.3. The van der Waals surface area contributed by atoms with Crippen molar-refractivity contribution in [3.63, 3.8) is 0 Å². The van der Waals surface area contributed by atoms with E-state index in [-0.39, 0.29) is 0 Å². The van der Waals surface area contributed by atoms with E-state index < -0.39 is 0 Å². The largest absolute Gasteiger partial charge is 0.349 e. The summed E-state index contributed by atoms with van der Waals surface area (Å²) in [4.78, 5) is 7.34. The third-order valence-electron chi connectivity index (χ3n) is 2.36. The minimum absolute atomic E-state index is 0.678. The first kappa shape index (κ1) is 11.4. The minimum Gasteiger partial charge on any atom is -0.349 e. The number of H-pyrrole nitrogens is 1. The van der Waals surface area contributed by atoms with Gasteiger partial charge in [0.2, 0.25) is 0 Å². The number of aromatic nitrogens is 2. The van der Waals surface area contributed by atoms with Gasteiger partial charge in [0.25, 0.3) is 0 Å². The van der Waals surface area contributed by atoms with Crippen molar-refractivity contribution in [3.05, 3.63) is 18.2 Å². The molecule has 0 radical (unpaired) electrons. The Balaban J connectivity index is 1.64. The normalized spacial score (nSPS) is 18.9. The Morgan fingerprint density at radius 1 is 1.40 bits per heavy atom. The summed E-state index contributed by atoms with van der Waals surface area (Å²) >= 11 is 4.13. The van der Waals surface area contributed by atoms with Crippen molar-refractivity contribution in [1.82, 2.24) is 15.3 Å². The summed E-state index contributed by atoms with van der Waals surface area (Å²) in [6.07, 6.45) is 4.69. The number of rotatable bonds is 4. The molecule has 1 aromatic heterocycles. The summed E-state index contributed by atoms with van der Waals surface area (Å²) < 4.78 is 0. The second-order valence-corrected chi connectivity index (χ2v) is 5.89. The standard InChI is InChI=1S/C10H17N3S2/c1(10-12-3-4-13-10)2-11-9-7-14-5-6-15-8-9/h3-4,9,11H,1-2,5-8H2,(H,12,13). The Morgan fingerprint density at radius 3 is 2.87 bits per heavy atom. The molecular weight excluding hydrogens is 226 g/mol. The average Bonchev–Trinajstić information content (AvgIpc) is 2.62. The maximum atomic E-state index is 4.21. The summed E-state index contributed by atoms with van der Waals surface area (Å²) in [5, 5.41) is 3.60. The first-order valence-corrected chi connectivity index (χ1v) is 7.63. The fraction of sp³-hybridized carbons (Fsp3) is 0.700. The van der Waals surface area contributed by atoms with Crippen molar-refractivity contribution < 1.29 is 0 Å². The van der Waals surface area contributed by atoms with Gasteiger partial charge >= 0.3 is 0 Å². The Bertz CT molecular complexity index is 256. The summed E-state index contributed by atoms with van der Waals surface area (Å²) in [7, 11) is 0. The molecule has 0 spiro atoms. The van der Waals surface area contributed by atoms with E-state index in [1.54, 1.807) is 0 Å². The summed E-state index contributed by atoms with van der Waals surface area (Å²) in [6.45, 7) is 1.03. The average molecular weight is 243 g/mol. The fourth-order valence-corrected chi connectivity index (χ4v) is 4.03. The number of aromatic amines is 1. The van der Waals surface area contributed by atoms with Crippen molar-refractivity contribution in [3.8, 4) is 0 Å². The van der Waals surface area contributed by atoms with E-state index in [1.807, 2.05) is 12.4 Å². The van der Waals surface area contributed by atoms with Crippen LogP contribution >= 0.6 is 23.5 Å². The van der Waals surface area contributed by atoms with Crippen LogP contribution in [-0.4, -0.2) is 45.6 Å². The number of hydrogen-bond acceptors (Lipinski definition) is 4. The van der Waals surface area contributed by atoms with Crippen LogP contribution in [0.2, 0.25) is 0 Å². The number of thioether (sulfide) groups is 2. The lowest BCUT2D eigenvalue weighted by Crippen LogP contribution is -2.34. The van der Waals surface area contributed by atoms with Crippen LogP contribution in [-0.2, 0) is 6.42 Å². The third kappa shape index (κ3) is 4.09. The maximum Gasteiger partial charge on any atom is 0.107 e. The zero-order valence-corrected chi connectivity index (χ0v) is 10.4. The predicted molar refractivity (Wildman–Crippen MR) is 68.7 cm³/mol. The number of hydrogen-bond donors (Lipinski definition) is 2. The second-order valence-electron chi connectivity index (χ2n) is 3.59. The number of nitrogens with zero attached hydrogens (tertiary/aromatic N) is 1. The van der Waals surface area contributed by atoms with Crippen molar-refractivity contribution in [2.45, 2.75) is 12.5 Å². The van der Waals surface area contributed by atoms with E-state index in [0.29, 0.717) is 6.04 Å². The van der Waals surface area contributed by atoms with Crippen LogP contribution in [0.4, 0.5) is 0 Å². The van der Waals surface area contributed by atoms with Gasteiger partial charge in [0, 0.05) is 54.4 Å². The molecule has 0 bridgehead atoms. The lowest BCUT2D eigenvalue weighted by Gasteiger charge is -2.14. The van der Waals surface area contributed by atoms with E-state index in [2.05, 4.69) is 38.8 Å². The van der Waals surface area contributed by atoms with Crippen LogP contribution in [0.1, 0.15) is 5.82 Å². The Kier molecular flexibility index (Phi) is 4.89. The first-order chi connectivity index (χ1) is 7.45. The van der Waals surface area contributed by atoms with E-state index >= 15 is 0 Å². The molecule has 2 heterocycles. The third-order valence-corrected chi connectivity index (χ3v) is 4.88. The highest BCUT2D eigenvalue weighted by molar-refractivity contribution is 8.03. The Hall–Kier alpha value is -0.130. The van der Waals surface area contributed by atoms with Crippen LogP contribution in [0.3, 0.4) is 0 Å². The van der Waals surface area contributed by atoms with Gasteiger partial charge in [-0.05, 0) is 0 Å². The topological polar surface area (TPSA) is 40.7 Å². The lowest BCUT2D eigenvalue weighted by atomic mass is 10.3. The minimum atomic E-state index is 0.678. The summed E-state index contributed by atoms with van der Waals surface area (Å²) in [6, 6.07) is 0.678. The Morgan fingerprint density at radius 2 is 2.20 bits per heavy atom. The van der Waals surface area contributed by atoms with Gasteiger partial charge in [-0.2, -0.15) is 23.5 Å². The summed E-state index contributed by atoms with van der Waals surface area (Å²) in [5.41, 5.74) is 0. The molecule has 0 atom stereocenters. The number of imidazole rings is 1. The van der Waals surface area contributed by atoms with Gasteiger partial charge in [0.1, 0.15) is 5.82 Å². The van der Waals surface area contributed by atoms with E-state index in [0.717, 1.165) is 18.8 Å². The lowest BCUT2D eigenvalue weighted by molar-refractivity contribution is 0.598. The zero-order valence-electron chi connectivity index (χ0n) is 8.74. The molecule has 1 aliphatic rings. The maximum absolute atomic E-state index is 4.21. The smallest absolute Gasteiger partial charge is 0.107 e. The molecule has 1 aromatic rings. The molecule has 0 amide bonds. The van der Waals surface area contributed by atoms with Crippen molar-refractivity contribution in [2.75, 3.05) is 29.6 Å². The molecule has 5 heteroatoms. The van der Waals surface area contributed by atoms with Crippen LogP contribution in [0, 0.1) is 0 Å². The fourth-order valence-electron chi connectivity index (χ4n) is 1.56. The monoisotopic (exact) mass is 243 g/mol. The van der Waals surface area contributed by atoms with Crippen molar-refractivity contribution in [1.29, 1.82) is 0 Å². The molecule has 1 aliphatic heterocycles. The van der Waals surface area contributed by atoms with Crippen molar-refractivity contribution in [2.24, 2.45) is 0 Å². The summed E-state index contributed by atoms with van der Waals surface area (Å²) in [5.74, 6) is 6.20. The quantitative estimate of drug-likeness (QED) is 0.838. The molecule has 0 unspecified atom stereocenters. The van der Waals surface area contributed by atoms with Crippen LogP contribution in [0.25, 0.3) is 0 Å². The highest BCUT2D eigenvalue weighted by Crippen LogP contribution is 2.16. The van der Waals surface area contributed by atoms with E-state index in [1.165, 1.54) is 23.0 Å². The van der Waals surface area contributed by atoms with Crippen LogP contribution in [0.5, 0.6) is 0 Å². The van der Waals surface area contributed by atoms with Gasteiger partial charge < -0.3 is 10.3 Å². The van der Waals surface area contributed by atoms with Gasteiger partial charge in [-0.3, -0.25) is 0 Å². The molecule has 15 heavy (non-hydrogen) atoms. The van der Waals surface area contributed by atoms with Gasteiger partial charge in [-0.1, -0.05) is 0 Å². The molecule has 0 saturated carbocycles. The predicted octanol–water partition coefficient (Wildman–Crippen LogP) is 1.39. The van der Waals surface area contributed by atoms with Gasteiger partial charge in [-0.15, -0.1) is 0 Å². The highest BCUT2D eigenvalue weighted by atomic mass is 32.2. The van der Waals surface area contributed by atoms with Gasteiger partial charge in [0.15, 0.2) is 0 Å². The molecule has 0 aliphatic carbocycles.